The summed E-state index contributed by atoms with van der Waals surface area (Å²) in [5.41, 5.74) is 11.0. The minimum absolute atomic E-state index is 0. The summed E-state index contributed by atoms with van der Waals surface area (Å²) in [5, 5.41) is 0. The third-order valence-electron chi connectivity index (χ3n) is 3.07. The molecule has 0 heterocycles. The molecule has 0 saturated heterocycles. The summed E-state index contributed by atoms with van der Waals surface area (Å²) in [4.78, 5) is 0. The number of nitrogens with two attached hydrogens (primary N) is 2. The Labute approximate surface area is 132 Å². The smallest absolute Gasteiger partial charge is 1.00 e. The van der Waals surface area contributed by atoms with Crippen LogP contribution in [0.5, 0.6) is 0 Å². The van der Waals surface area contributed by atoms with Gasteiger partial charge in [-0.2, -0.15) is 0 Å². The van der Waals surface area contributed by atoms with E-state index in [1.54, 1.807) is 0 Å². The molecule has 0 aromatic rings. The van der Waals surface area contributed by atoms with Crippen LogP contribution >= 0.6 is 0 Å². The molecule has 2 nitrogen and oxygen atoms in total. The van der Waals surface area contributed by atoms with Crippen molar-refractivity contribution in [3.8, 4) is 0 Å². The molecule has 0 aliphatic heterocycles. The van der Waals surface area contributed by atoms with Crippen LogP contribution in [0.2, 0.25) is 0 Å². The maximum absolute atomic E-state index is 5.72. The molecule has 0 atom stereocenters. The number of hydrogen-bond donors (Lipinski definition) is 2. The van der Waals surface area contributed by atoms with Crippen LogP contribution in [0.4, 0.5) is 0 Å². The predicted octanol–water partition coefficient (Wildman–Crippen LogP) is 1.05. The van der Waals surface area contributed by atoms with E-state index < -0.39 is 5.66 Å². The summed E-state index contributed by atoms with van der Waals surface area (Å²) in [6, 6.07) is 0. The summed E-state index contributed by atoms with van der Waals surface area (Å²) in [6.45, 7) is 4.17. The van der Waals surface area contributed by atoms with Crippen LogP contribution in [-0.2, 0) is 0 Å². The number of unbranched alkanes of at least 4 members (excludes halogenated alkanes) is 9. The van der Waals surface area contributed by atoms with E-state index in [0.29, 0.717) is 0 Å². The minimum Gasteiger partial charge on any atom is -1.00 e. The van der Waals surface area contributed by atoms with Gasteiger partial charge in [0.05, 0.1) is 5.66 Å². The van der Waals surface area contributed by atoms with Crippen molar-refractivity contribution in [1.82, 2.24) is 0 Å². The molecule has 0 bridgehead atoms. The van der Waals surface area contributed by atoms with Crippen molar-refractivity contribution in [1.29, 1.82) is 0 Å². The van der Waals surface area contributed by atoms with Gasteiger partial charge >= 0.3 is 29.6 Å². The standard InChI is InChI=1S/C14H32N2.Na.H/c1-3-4-5-6-7-8-9-10-11-12-13-14(2,15)16;;/h3-13,15-16H2,1-2H3;;/q;+1;-1. The SMILES string of the molecule is CCCCCCCCCCCCC(C)(N)N.[H-].[Na+]. The van der Waals surface area contributed by atoms with Crippen LogP contribution in [0.15, 0.2) is 0 Å². The molecule has 0 rings (SSSR count). The van der Waals surface area contributed by atoms with Gasteiger partial charge in [0.25, 0.3) is 0 Å². The van der Waals surface area contributed by atoms with Crippen LogP contribution in [0.1, 0.15) is 85.9 Å². The Hall–Kier alpha value is 0.920. The molecule has 0 aliphatic rings. The fourth-order valence-corrected chi connectivity index (χ4v) is 1.99. The van der Waals surface area contributed by atoms with Gasteiger partial charge in [-0.15, -0.1) is 0 Å². The molecule has 3 heteroatoms. The van der Waals surface area contributed by atoms with E-state index in [9.17, 15) is 0 Å². The Morgan fingerprint density at radius 2 is 1.12 bits per heavy atom. The van der Waals surface area contributed by atoms with Gasteiger partial charge in [0, 0.05) is 0 Å². The summed E-state index contributed by atoms with van der Waals surface area (Å²) >= 11 is 0. The first-order valence-corrected chi connectivity index (χ1v) is 7.14. The number of hydrogen-bond acceptors (Lipinski definition) is 2. The van der Waals surface area contributed by atoms with Gasteiger partial charge in [0.1, 0.15) is 0 Å². The summed E-state index contributed by atoms with van der Waals surface area (Å²) in [7, 11) is 0. The maximum Gasteiger partial charge on any atom is 1.00 e. The zero-order valence-corrected chi connectivity index (χ0v) is 14.4. The molecule has 17 heavy (non-hydrogen) atoms. The second-order valence-electron chi connectivity index (χ2n) is 5.44. The number of rotatable bonds is 11. The van der Waals surface area contributed by atoms with Crippen LogP contribution in [0.25, 0.3) is 0 Å². The Morgan fingerprint density at radius 3 is 1.47 bits per heavy atom. The zero-order valence-electron chi connectivity index (χ0n) is 13.4. The average Bonchev–Trinajstić information content (AvgIpc) is 2.19. The Kier molecular flexibility index (Phi) is 15.9. The largest absolute Gasteiger partial charge is 1.00 e. The zero-order chi connectivity index (χ0) is 12.3. The molecule has 0 aromatic carbocycles. The van der Waals surface area contributed by atoms with Gasteiger partial charge in [-0.1, -0.05) is 71.1 Å². The molecule has 4 N–H and O–H groups in total. The van der Waals surface area contributed by atoms with E-state index in [1.807, 2.05) is 6.92 Å². The fraction of sp³-hybridized carbons (Fsp3) is 1.00. The molecule has 0 aromatic heterocycles. The van der Waals surface area contributed by atoms with Crippen LogP contribution < -0.4 is 41.0 Å². The molecule has 0 amide bonds. The monoisotopic (exact) mass is 252 g/mol. The van der Waals surface area contributed by atoms with E-state index in [-0.39, 0.29) is 31.0 Å². The van der Waals surface area contributed by atoms with E-state index in [0.717, 1.165) is 6.42 Å². The van der Waals surface area contributed by atoms with Gasteiger partial charge in [-0.25, -0.2) is 0 Å². The van der Waals surface area contributed by atoms with E-state index in [1.165, 1.54) is 64.2 Å². The summed E-state index contributed by atoms with van der Waals surface area (Å²) in [5.74, 6) is 0. The minimum atomic E-state index is -0.458. The van der Waals surface area contributed by atoms with Crippen molar-refractivity contribution < 1.29 is 31.0 Å². The third kappa shape index (κ3) is 19.4. The molecule has 0 saturated carbocycles. The van der Waals surface area contributed by atoms with Crippen LogP contribution in [0, 0.1) is 0 Å². The molecule has 0 radical (unpaired) electrons. The first-order chi connectivity index (χ1) is 7.56. The van der Waals surface area contributed by atoms with Crippen LogP contribution in [0.3, 0.4) is 0 Å². The molecule has 0 fully saturated rings. The first-order valence-electron chi connectivity index (χ1n) is 7.14. The molecule has 0 aliphatic carbocycles. The Balaban J connectivity index is -0.00000112. The first kappa shape index (κ1) is 20.2. The van der Waals surface area contributed by atoms with Crippen molar-refractivity contribution in [3.63, 3.8) is 0 Å². The Bertz CT molecular complexity index is 149. The van der Waals surface area contributed by atoms with Crippen molar-refractivity contribution in [2.45, 2.75) is 90.1 Å². The predicted molar refractivity (Wildman–Crippen MR) is 74.4 cm³/mol. The van der Waals surface area contributed by atoms with E-state index in [4.69, 9.17) is 11.5 Å². The van der Waals surface area contributed by atoms with Gasteiger partial charge in [0.2, 0.25) is 0 Å². The van der Waals surface area contributed by atoms with Crippen molar-refractivity contribution >= 4 is 0 Å². The summed E-state index contributed by atoms with van der Waals surface area (Å²) in [6.07, 6.45) is 14.6. The molecule has 0 spiro atoms. The van der Waals surface area contributed by atoms with Gasteiger partial charge in [-0.05, 0) is 13.3 Å². The van der Waals surface area contributed by atoms with E-state index in [2.05, 4.69) is 6.92 Å². The molecular weight excluding hydrogens is 219 g/mol. The van der Waals surface area contributed by atoms with Gasteiger partial charge < -0.3 is 12.9 Å². The van der Waals surface area contributed by atoms with Gasteiger partial charge in [0.15, 0.2) is 0 Å². The topological polar surface area (TPSA) is 52.0 Å². The quantitative estimate of drug-likeness (QED) is 0.328. The van der Waals surface area contributed by atoms with E-state index >= 15 is 0 Å². The second kappa shape index (κ2) is 13.4. The molecular formula is C14H33N2Na. The molecule has 100 valence electrons. The van der Waals surface area contributed by atoms with Crippen molar-refractivity contribution in [2.75, 3.05) is 0 Å². The maximum atomic E-state index is 5.72. The fourth-order valence-electron chi connectivity index (χ4n) is 1.99. The normalized spacial score (nSPS) is 11.3. The van der Waals surface area contributed by atoms with Crippen molar-refractivity contribution in [3.05, 3.63) is 0 Å². The summed E-state index contributed by atoms with van der Waals surface area (Å²) < 4.78 is 0. The van der Waals surface area contributed by atoms with Crippen LogP contribution in [-0.4, -0.2) is 5.66 Å². The van der Waals surface area contributed by atoms with Crippen molar-refractivity contribution in [2.24, 2.45) is 11.5 Å². The van der Waals surface area contributed by atoms with Gasteiger partial charge in [-0.3, -0.25) is 0 Å². The third-order valence-corrected chi connectivity index (χ3v) is 3.07. The molecule has 0 unspecified atom stereocenters. The average molecular weight is 252 g/mol. The second-order valence-corrected chi connectivity index (χ2v) is 5.44. The Morgan fingerprint density at radius 1 is 0.765 bits per heavy atom.